The van der Waals surface area contributed by atoms with E-state index in [1.807, 2.05) is 0 Å². The Balaban J connectivity index is 3.39. The van der Waals surface area contributed by atoms with Crippen LogP contribution in [0.15, 0.2) is 12.1 Å². The fourth-order valence-electron chi connectivity index (χ4n) is 1.09. The maximum atomic E-state index is 12.4. The van der Waals surface area contributed by atoms with Gasteiger partial charge in [-0.3, -0.25) is 4.79 Å². The molecule has 2 nitrogen and oxygen atoms in total. The summed E-state index contributed by atoms with van der Waals surface area (Å²) in [6.45, 7) is 1.20. The summed E-state index contributed by atoms with van der Waals surface area (Å²) in [5.74, 6) is -0.456. The first kappa shape index (κ1) is 10.9. The Kier molecular flexibility index (Phi) is 3.06. The van der Waals surface area contributed by atoms with Crippen molar-refractivity contribution in [2.75, 3.05) is 5.73 Å². The summed E-state index contributed by atoms with van der Waals surface area (Å²) in [6.07, 6.45) is -2.73. The van der Waals surface area contributed by atoms with Gasteiger partial charge < -0.3 is 5.73 Å². The maximum Gasteiger partial charge on any atom is 0.264 e. The van der Waals surface area contributed by atoms with Crippen molar-refractivity contribution >= 4 is 23.1 Å². The van der Waals surface area contributed by atoms with E-state index in [9.17, 15) is 13.6 Å². The van der Waals surface area contributed by atoms with Gasteiger partial charge in [0.1, 0.15) is 0 Å². The molecular weight excluding hydrogens is 212 g/mol. The van der Waals surface area contributed by atoms with Crippen LogP contribution in [0.5, 0.6) is 0 Å². The number of nitrogen functional groups attached to an aromatic ring is 1. The number of halogens is 3. The lowest BCUT2D eigenvalue weighted by Crippen LogP contribution is -2.02. The molecule has 1 rings (SSSR count). The van der Waals surface area contributed by atoms with Crippen molar-refractivity contribution in [2.45, 2.75) is 13.3 Å². The van der Waals surface area contributed by atoms with E-state index in [0.717, 1.165) is 6.07 Å². The lowest BCUT2D eigenvalue weighted by atomic mass is 10.0. The molecule has 0 spiro atoms. The minimum atomic E-state index is -2.73. The molecule has 0 amide bonds. The van der Waals surface area contributed by atoms with Gasteiger partial charge >= 0.3 is 0 Å². The van der Waals surface area contributed by atoms with Gasteiger partial charge in [0.2, 0.25) is 0 Å². The Morgan fingerprint density at radius 3 is 2.50 bits per heavy atom. The average molecular weight is 220 g/mol. The van der Waals surface area contributed by atoms with E-state index in [1.54, 1.807) is 0 Å². The first-order valence-corrected chi connectivity index (χ1v) is 4.19. The second-order valence-corrected chi connectivity index (χ2v) is 3.23. The molecule has 0 heterocycles. The fraction of sp³-hybridized carbons (Fsp3) is 0.222. The van der Waals surface area contributed by atoms with E-state index in [-0.39, 0.29) is 21.8 Å². The molecule has 0 saturated heterocycles. The largest absolute Gasteiger partial charge is 0.398 e. The van der Waals surface area contributed by atoms with Gasteiger partial charge in [0.15, 0.2) is 5.78 Å². The van der Waals surface area contributed by atoms with E-state index in [4.69, 9.17) is 17.3 Å². The third kappa shape index (κ3) is 2.01. The molecule has 0 radical (unpaired) electrons. The minimum Gasteiger partial charge on any atom is -0.398 e. The van der Waals surface area contributed by atoms with Crippen molar-refractivity contribution < 1.29 is 13.6 Å². The Labute approximate surface area is 84.7 Å². The first-order valence-electron chi connectivity index (χ1n) is 3.81. The molecule has 0 unspecified atom stereocenters. The van der Waals surface area contributed by atoms with Crippen LogP contribution in [-0.4, -0.2) is 5.78 Å². The van der Waals surface area contributed by atoms with Crippen molar-refractivity contribution in [1.82, 2.24) is 0 Å². The molecule has 14 heavy (non-hydrogen) atoms. The molecule has 1 aromatic carbocycles. The monoisotopic (exact) mass is 219 g/mol. The molecule has 0 aromatic heterocycles. The summed E-state index contributed by atoms with van der Waals surface area (Å²) in [6, 6.07) is 2.20. The zero-order valence-electron chi connectivity index (χ0n) is 7.35. The second kappa shape index (κ2) is 3.92. The quantitative estimate of drug-likeness (QED) is 0.614. The van der Waals surface area contributed by atoms with E-state index >= 15 is 0 Å². The number of Topliss-reactive ketones (excluding diaryl/α,β-unsaturated/α-hetero) is 1. The van der Waals surface area contributed by atoms with Gasteiger partial charge in [-0.2, -0.15) is 0 Å². The van der Waals surface area contributed by atoms with Crippen LogP contribution in [0.3, 0.4) is 0 Å². The molecule has 5 heteroatoms. The summed E-state index contributed by atoms with van der Waals surface area (Å²) in [5, 5.41) is 0.111. The number of hydrogen-bond donors (Lipinski definition) is 1. The number of carbonyl (C=O) groups is 1. The summed E-state index contributed by atoms with van der Waals surface area (Å²) < 4.78 is 24.9. The highest BCUT2D eigenvalue weighted by Crippen LogP contribution is 2.30. The van der Waals surface area contributed by atoms with Crippen molar-refractivity contribution in [2.24, 2.45) is 0 Å². The standard InChI is InChI=1S/C9H8ClF2NO/c1-4(14)5-2-7(10)8(13)3-6(5)9(11)12/h2-3,9H,13H2,1H3. The summed E-state index contributed by atoms with van der Waals surface area (Å²) in [7, 11) is 0. The van der Waals surface area contributed by atoms with Crippen molar-refractivity contribution in [3.05, 3.63) is 28.3 Å². The summed E-state index contributed by atoms with van der Waals surface area (Å²) in [4.78, 5) is 11.0. The third-order valence-electron chi connectivity index (χ3n) is 1.78. The highest BCUT2D eigenvalue weighted by molar-refractivity contribution is 6.33. The second-order valence-electron chi connectivity index (χ2n) is 2.82. The molecule has 0 aliphatic rings. The number of nitrogens with two attached hydrogens (primary N) is 1. The first-order chi connectivity index (χ1) is 6.43. The van der Waals surface area contributed by atoms with Crippen LogP contribution in [0.1, 0.15) is 29.3 Å². The van der Waals surface area contributed by atoms with Crippen LogP contribution in [-0.2, 0) is 0 Å². The normalized spacial score (nSPS) is 10.6. The molecule has 0 fully saturated rings. The van der Waals surface area contributed by atoms with Crippen LogP contribution in [0.2, 0.25) is 5.02 Å². The van der Waals surface area contributed by atoms with Gasteiger partial charge in [-0.15, -0.1) is 0 Å². The Morgan fingerprint density at radius 2 is 2.07 bits per heavy atom. The number of rotatable bonds is 2. The van der Waals surface area contributed by atoms with Crippen LogP contribution in [0, 0.1) is 0 Å². The molecule has 0 saturated carbocycles. The summed E-state index contributed by atoms with van der Waals surface area (Å²) in [5.41, 5.74) is 4.94. The molecular formula is C9H8ClF2NO. The Hall–Kier alpha value is -1.16. The van der Waals surface area contributed by atoms with Crippen molar-refractivity contribution in [1.29, 1.82) is 0 Å². The lowest BCUT2D eigenvalue weighted by molar-refractivity contribution is 0.0999. The lowest BCUT2D eigenvalue weighted by Gasteiger charge is -2.08. The highest BCUT2D eigenvalue weighted by atomic mass is 35.5. The number of hydrogen-bond acceptors (Lipinski definition) is 2. The zero-order valence-corrected chi connectivity index (χ0v) is 8.11. The van der Waals surface area contributed by atoms with Crippen molar-refractivity contribution in [3.63, 3.8) is 0 Å². The van der Waals surface area contributed by atoms with Crippen molar-refractivity contribution in [3.8, 4) is 0 Å². The van der Waals surface area contributed by atoms with Gasteiger partial charge in [-0.1, -0.05) is 11.6 Å². The number of ketones is 1. The SMILES string of the molecule is CC(=O)c1cc(Cl)c(N)cc1C(F)F. The molecule has 0 atom stereocenters. The van der Waals surface area contributed by atoms with E-state index < -0.39 is 12.2 Å². The van der Waals surface area contributed by atoms with Gasteiger partial charge in [0.25, 0.3) is 6.43 Å². The highest BCUT2D eigenvalue weighted by Gasteiger charge is 2.17. The molecule has 76 valence electrons. The van der Waals surface area contributed by atoms with Crippen LogP contribution < -0.4 is 5.73 Å². The number of benzene rings is 1. The van der Waals surface area contributed by atoms with E-state index in [1.165, 1.54) is 13.0 Å². The predicted octanol–water partition coefficient (Wildman–Crippen LogP) is 3.06. The molecule has 1 aromatic rings. The topological polar surface area (TPSA) is 43.1 Å². The third-order valence-corrected chi connectivity index (χ3v) is 2.11. The van der Waals surface area contributed by atoms with E-state index in [2.05, 4.69) is 0 Å². The molecule has 0 aliphatic heterocycles. The zero-order chi connectivity index (χ0) is 10.9. The average Bonchev–Trinajstić information content (AvgIpc) is 2.08. The minimum absolute atomic E-state index is 0.0481. The molecule has 2 N–H and O–H groups in total. The predicted molar refractivity (Wildman–Crippen MR) is 50.8 cm³/mol. The fourth-order valence-corrected chi connectivity index (χ4v) is 1.26. The number of alkyl halides is 2. The smallest absolute Gasteiger partial charge is 0.264 e. The van der Waals surface area contributed by atoms with Crippen LogP contribution in [0.25, 0.3) is 0 Å². The Bertz CT molecular complexity index is 379. The summed E-state index contributed by atoms with van der Waals surface area (Å²) >= 11 is 5.61. The van der Waals surface area contributed by atoms with Gasteiger partial charge in [-0.25, -0.2) is 8.78 Å². The Morgan fingerprint density at radius 1 is 1.50 bits per heavy atom. The van der Waals surface area contributed by atoms with Gasteiger partial charge in [0, 0.05) is 11.1 Å². The van der Waals surface area contributed by atoms with E-state index in [0.29, 0.717) is 0 Å². The van der Waals surface area contributed by atoms with Crippen LogP contribution in [0.4, 0.5) is 14.5 Å². The number of carbonyl (C=O) groups excluding carboxylic acids is 1. The van der Waals surface area contributed by atoms with Crippen LogP contribution >= 0.6 is 11.6 Å². The molecule has 0 bridgehead atoms. The maximum absolute atomic E-state index is 12.4. The van der Waals surface area contributed by atoms with Gasteiger partial charge in [-0.05, 0) is 19.1 Å². The molecule has 0 aliphatic carbocycles. The number of anilines is 1. The van der Waals surface area contributed by atoms with Gasteiger partial charge in [0.05, 0.1) is 10.7 Å².